The zero-order chi connectivity index (χ0) is 31.4. The van der Waals surface area contributed by atoms with Crippen molar-refractivity contribution in [3.05, 3.63) is 94.0 Å². The van der Waals surface area contributed by atoms with E-state index in [0.717, 1.165) is 36.3 Å². The number of esters is 1. The van der Waals surface area contributed by atoms with Crippen molar-refractivity contribution in [2.75, 3.05) is 53.2 Å². The molecule has 0 atom stereocenters. The lowest BCUT2D eigenvalue weighted by Crippen LogP contribution is -2.36. The summed E-state index contributed by atoms with van der Waals surface area (Å²) >= 11 is 0. The topological polar surface area (TPSA) is 57.2 Å². The molecule has 44 heavy (non-hydrogen) atoms. The Morgan fingerprint density at radius 2 is 1.48 bits per heavy atom. The number of nitrogens with zero attached hydrogens (tertiary/aromatic N) is 1. The van der Waals surface area contributed by atoms with E-state index >= 15 is 0 Å². The lowest BCUT2D eigenvalue weighted by Gasteiger charge is -2.24. The number of hydrogen-bond donors (Lipinski definition) is 0. The smallest absolute Gasteiger partial charge is 0.416 e. The monoisotopic (exact) mass is 601 g/mol. The first-order chi connectivity index (χ1) is 21.2. The molecule has 1 fully saturated rings. The van der Waals surface area contributed by atoms with E-state index < -0.39 is 17.7 Å². The molecule has 0 saturated carbocycles. The van der Waals surface area contributed by atoms with Gasteiger partial charge in [-0.05, 0) is 73.2 Å². The fraction of sp³-hybridized carbons (Fsp3) is 0.286. The van der Waals surface area contributed by atoms with Gasteiger partial charge in [0.1, 0.15) is 18.1 Å². The molecule has 0 spiro atoms. The molecule has 4 rings (SSSR count). The second-order valence-electron chi connectivity index (χ2n) is 9.70. The Hall–Kier alpha value is -4.88. The molecule has 1 aliphatic rings. The van der Waals surface area contributed by atoms with Gasteiger partial charge in [-0.2, -0.15) is 13.2 Å². The SMILES string of the molecule is COC(=O)COc1ccc(OCC#Cc2cc(C#CCN3CCOCC3)cc(C#Cc3ccc(C(F)(F)F)cc3)c2)cc1C. The van der Waals surface area contributed by atoms with Crippen molar-refractivity contribution in [1.82, 2.24) is 4.90 Å². The van der Waals surface area contributed by atoms with Gasteiger partial charge in [-0.15, -0.1) is 0 Å². The van der Waals surface area contributed by atoms with E-state index in [1.165, 1.54) is 19.2 Å². The third-order valence-electron chi connectivity index (χ3n) is 6.40. The molecule has 0 aliphatic carbocycles. The molecule has 1 saturated heterocycles. The number of ether oxygens (including phenoxy) is 4. The predicted molar refractivity (Wildman–Crippen MR) is 159 cm³/mol. The average Bonchev–Trinajstić information content (AvgIpc) is 3.02. The van der Waals surface area contributed by atoms with E-state index in [1.54, 1.807) is 24.3 Å². The molecular weight excluding hydrogens is 571 g/mol. The van der Waals surface area contributed by atoms with Crippen molar-refractivity contribution in [1.29, 1.82) is 0 Å². The molecule has 0 amide bonds. The number of rotatable bonds is 6. The largest absolute Gasteiger partial charge is 0.482 e. The second-order valence-corrected chi connectivity index (χ2v) is 9.70. The van der Waals surface area contributed by atoms with Crippen molar-refractivity contribution in [3.63, 3.8) is 0 Å². The van der Waals surface area contributed by atoms with Gasteiger partial charge in [0.2, 0.25) is 0 Å². The number of methoxy groups -OCH3 is 1. The summed E-state index contributed by atoms with van der Waals surface area (Å²) in [4.78, 5) is 13.5. The van der Waals surface area contributed by atoms with Crippen LogP contribution < -0.4 is 9.47 Å². The Morgan fingerprint density at radius 3 is 2.11 bits per heavy atom. The molecule has 1 heterocycles. The Labute approximate surface area is 255 Å². The number of aryl methyl sites for hydroxylation is 1. The number of hydrogen-bond acceptors (Lipinski definition) is 6. The molecule has 3 aromatic rings. The lowest BCUT2D eigenvalue weighted by molar-refractivity contribution is -0.143. The molecule has 3 aromatic carbocycles. The number of halogens is 3. The van der Waals surface area contributed by atoms with Gasteiger partial charge in [-0.25, -0.2) is 4.79 Å². The Kier molecular flexibility index (Phi) is 11.3. The van der Waals surface area contributed by atoms with Gasteiger partial charge in [0.05, 0.1) is 32.4 Å². The van der Waals surface area contributed by atoms with Crippen LogP contribution in [0.3, 0.4) is 0 Å². The summed E-state index contributed by atoms with van der Waals surface area (Å²) in [6.45, 7) is 5.39. The van der Waals surface area contributed by atoms with E-state index in [1.807, 2.05) is 19.1 Å². The average molecular weight is 602 g/mol. The summed E-state index contributed by atoms with van der Waals surface area (Å²) in [5, 5.41) is 0. The fourth-order valence-corrected chi connectivity index (χ4v) is 4.07. The summed E-state index contributed by atoms with van der Waals surface area (Å²) in [7, 11) is 1.30. The Morgan fingerprint density at radius 1 is 0.841 bits per heavy atom. The van der Waals surface area contributed by atoms with Crippen molar-refractivity contribution in [2.45, 2.75) is 13.1 Å². The summed E-state index contributed by atoms with van der Waals surface area (Å²) in [5.41, 5.74) is 2.55. The third-order valence-corrected chi connectivity index (χ3v) is 6.40. The molecule has 0 N–H and O–H groups in total. The number of carbonyl (C=O) groups excluding carboxylic acids is 1. The van der Waals surface area contributed by atoms with Crippen molar-refractivity contribution in [2.24, 2.45) is 0 Å². The first kappa shape index (κ1) is 32.0. The standard InChI is InChI=1S/C35H30F3NO5/c1-26-21-32(13-14-33(26)44-25-34(40)41-2)43-18-4-6-29-22-28(5-3-15-39-16-19-42-20-17-39)23-30(24-29)8-7-27-9-11-31(12-10-27)35(36,37)38/h9-14,21-24H,15-20,25H2,1-2H3. The molecule has 1 aliphatic heterocycles. The van der Waals surface area contributed by atoms with Gasteiger partial charge in [0.25, 0.3) is 0 Å². The lowest BCUT2D eigenvalue weighted by atomic mass is 10.1. The van der Waals surface area contributed by atoms with Crippen LogP contribution in [0.5, 0.6) is 11.5 Å². The molecule has 9 heteroatoms. The van der Waals surface area contributed by atoms with Gasteiger partial charge in [-0.3, -0.25) is 4.90 Å². The van der Waals surface area contributed by atoms with Gasteiger partial charge in [0, 0.05) is 35.3 Å². The molecule has 0 unspecified atom stereocenters. The molecule has 0 bridgehead atoms. The van der Waals surface area contributed by atoms with E-state index in [9.17, 15) is 18.0 Å². The highest BCUT2D eigenvalue weighted by molar-refractivity contribution is 5.71. The highest BCUT2D eigenvalue weighted by Crippen LogP contribution is 2.29. The minimum atomic E-state index is -4.40. The van der Waals surface area contributed by atoms with Crippen LogP contribution in [0.4, 0.5) is 13.2 Å². The highest BCUT2D eigenvalue weighted by Gasteiger charge is 2.29. The molecular formula is C35H30F3NO5. The van der Waals surface area contributed by atoms with Crippen LogP contribution >= 0.6 is 0 Å². The minimum absolute atomic E-state index is 0.112. The van der Waals surface area contributed by atoms with Crippen LogP contribution in [-0.2, 0) is 20.4 Å². The predicted octanol–water partition coefficient (Wildman–Crippen LogP) is 5.08. The molecule has 6 nitrogen and oxygen atoms in total. The number of benzene rings is 3. The zero-order valence-electron chi connectivity index (χ0n) is 24.3. The van der Waals surface area contributed by atoms with Crippen molar-refractivity contribution >= 4 is 5.97 Å². The van der Waals surface area contributed by atoms with Crippen LogP contribution in [0.2, 0.25) is 0 Å². The quantitative estimate of drug-likeness (QED) is 0.290. The second kappa shape index (κ2) is 15.5. The Bertz CT molecular complexity index is 1640. The maximum absolute atomic E-state index is 12.9. The zero-order valence-corrected chi connectivity index (χ0v) is 24.3. The van der Waals surface area contributed by atoms with Crippen molar-refractivity contribution in [3.8, 4) is 47.0 Å². The summed E-state index contributed by atoms with van der Waals surface area (Å²) in [6, 6.07) is 15.4. The Balaban J connectivity index is 1.48. The number of carbonyl (C=O) groups is 1. The van der Waals surface area contributed by atoms with Crippen LogP contribution in [-0.4, -0.2) is 64.0 Å². The van der Waals surface area contributed by atoms with Crippen molar-refractivity contribution < 1.29 is 36.9 Å². The third kappa shape index (κ3) is 10.1. The number of alkyl halides is 3. The van der Waals surface area contributed by atoms with Crippen LogP contribution in [0.25, 0.3) is 0 Å². The maximum atomic E-state index is 12.9. The molecule has 0 aromatic heterocycles. The maximum Gasteiger partial charge on any atom is 0.416 e. The van der Waals surface area contributed by atoms with Gasteiger partial charge in [0.15, 0.2) is 6.61 Å². The van der Waals surface area contributed by atoms with Gasteiger partial charge in [-0.1, -0.05) is 35.5 Å². The van der Waals surface area contributed by atoms with E-state index in [2.05, 4.69) is 45.2 Å². The van der Waals surface area contributed by atoms with E-state index in [0.29, 0.717) is 47.9 Å². The first-order valence-corrected chi connectivity index (χ1v) is 13.7. The summed E-state index contributed by atoms with van der Waals surface area (Å²) in [6.07, 6.45) is -4.40. The van der Waals surface area contributed by atoms with Crippen LogP contribution in [0.15, 0.2) is 60.7 Å². The van der Waals surface area contributed by atoms with Crippen LogP contribution in [0.1, 0.15) is 33.4 Å². The number of morpholine rings is 1. The highest BCUT2D eigenvalue weighted by atomic mass is 19.4. The summed E-state index contributed by atoms with van der Waals surface area (Å²) in [5.74, 6) is 19.1. The van der Waals surface area contributed by atoms with Crippen LogP contribution in [0, 0.1) is 42.4 Å². The van der Waals surface area contributed by atoms with E-state index in [-0.39, 0.29) is 13.2 Å². The summed E-state index contributed by atoms with van der Waals surface area (Å²) < 4.78 is 59.9. The molecule has 0 radical (unpaired) electrons. The molecule has 226 valence electrons. The first-order valence-electron chi connectivity index (χ1n) is 13.7. The van der Waals surface area contributed by atoms with Gasteiger partial charge >= 0.3 is 12.1 Å². The normalized spacial score (nSPS) is 12.8. The van der Waals surface area contributed by atoms with Gasteiger partial charge < -0.3 is 18.9 Å². The minimum Gasteiger partial charge on any atom is -0.482 e. The fourth-order valence-electron chi connectivity index (χ4n) is 4.07. The van der Waals surface area contributed by atoms with E-state index in [4.69, 9.17) is 14.2 Å².